The highest BCUT2D eigenvalue weighted by Gasteiger charge is 2.36. The van der Waals surface area contributed by atoms with Gasteiger partial charge in [0.1, 0.15) is 5.82 Å². The molecule has 0 saturated carbocycles. The van der Waals surface area contributed by atoms with E-state index in [1.807, 2.05) is 43.5 Å². The Kier molecular flexibility index (Phi) is 5.85. The molecule has 0 aliphatic carbocycles. The molecular weight excluding hydrogens is 355 g/mol. The number of benzene rings is 1. The second kappa shape index (κ2) is 8.51. The summed E-state index contributed by atoms with van der Waals surface area (Å²) in [4.78, 5) is 13.3. The fourth-order valence-electron chi connectivity index (χ4n) is 4.44. The Morgan fingerprint density at radius 3 is 2.64 bits per heavy atom. The van der Waals surface area contributed by atoms with Crippen molar-refractivity contribution >= 4 is 5.95 Å². The highest BCUT2D eigenvalue weighted by atomic mass is 19.1. The van der Waals surface area contributed by atoms with E-state index in [0.717, 1.165) is 37.7 Å². The van der Waals surface area contributed by atoms with Gasteiger partial charge < -0.3 is 4.90 Å². The number of piperidine rings is 1. The number of rotatable bonds is 5. The normalized spacial score (nSPS) is 25.8. The number of aromatic nitrogens is 2. The van der Waals surface area contributed by atoms with E-state index < -0.39 is 0 Å². The van der Waals surface area contributed by atoms with Gasteiger partial charge in [-0.05, 0) is 43.0 Å². The van der Waals surface area contributed by atoms with Crippen LogP contribution in [-0.2, 0) is 6.54 Å². The number of hydrogen-bond acceptors (Lipinski definition) is 6. The molecule has 0 radical (unpaired) electrons. The lowest BCUT2D eigenvalue weighted by molar-refractivity contribution is 0.139. The standard InChI is InChI=1S/C21H29FN6/c1-27(2)21-23-10-15(11-24-21)13-28-9-3-4-17(14-28)20-19(12-25-26-20)16-5-7-18(22)8-6-16/h5-8,10-11,17,19-20,25-26H,3-4,9,12-14H2,1-2H3. The van der Waals surface area contributed by atoms with E-state index in [2.05, 4.69) is 25.7 Å². The van der Waals surface area contributed by atoms with Crippen LogP contribution in [0.15, 0.2) is 36.7 Å². The maximum absolute atomic E-state index is 13.3. The zero-order chi connectivity index (χ0) is 19.5. The number of anilines is 1. The molecule has 1 aromatic carbocycles. The molecule has 2 aromatic rings. The van der Waals surface area contributed by atoms with Gasteiger partial charge in [-0.2, -0.15) is 0 Å². The molecule has 0 amide bonds. The Balaban J connectivity index is 1.40. The van der Waals surface area contributed by atoms with Crippen molar-refractivity contribution in [2.24, 2.45) is 5.92 Å². The van der Waals surface area contributed by atoms with Crippen LogP contribution in [0.3, 0.4) is 0 Å². The third kappa shape index (κ3) is 4.32. The van der Waals surface area contributed by atoms with E-state index in [-0.39, 0.29) is 5.82 Å². The van der Waals surface area contributed by atoms with Gasteiger partial charge in [-0.3, -0.25) is 15.8 Å². The summed E-state index contributed by atoms with van der Waals surface area (Å²) in [6.45, 7) is 3.91. The average molecular weight is 385 g/mol. The van der Waals surface area contributed by atoms with Crippen molar-refractivity contribution in [1.82, 2.24) is 25.7 Å². The van der Waals surface area contributed by atoms with Gasteiger partial charge in [-0.15, -0.1) is 0 Å². The van der Waals surface area contributed by atoms with Gasteiger partial charge in [0.2, 0.25) is 5.95 Å². The Morgan fingerprint density at radius 1 is 1.18 bits per heavy atom. The molecule has 3 atom stereocenters. The predicted molar refractivity (Wildman–Crippen MR) is 108 cm³/mol. The van der Waals surface area contributed by atoms with Crippen LogP contribution in [0.5, 0.6) is 0 Å². The molecule has 2 fully saturated rings. The van der Waals surface area contributed by atoms with Gasteiger partial charge in [0.25, 0.3) is 0 Å². The molecule has 28 heavy (non-hydrogen) atoms. The van der Waals surface area contributed by atoms with E-state index in [1.54, 1.807) is 12.1 Å². The molecule has 7 heteroatoms. The van der Waals surface area contributed by atoms with E-state index in [4.69, 9.17) is 0 Å². The maximum Gasteiger partial charge on any atom is 0.224 e. The fraction of sp³-hybridized carbons (Fsp3) is 0.524. The summed E-state index contributed by atoms with van der Waals surface area (Å²) in [6, 6.07) is 7.34. The van der Waals surface area contributed by atoms with Crippen molar-refractivity contribution in [3.8, 4) is 0 Å². The summed E-state index contributed by atoms with van der Waals surface area (Å²) in [5.41, 5.74) is 9.17. The molecule has 4 rings (SSSR count). The highest BCUT2D eigenvalue weighted by Crippen LogP contribution is 2.32. The number of hydrogen-bond donors (Lipinski definition) is 2. The second-order valence-electron chi connectivity index (χ2n) is 8.13. The van der Waals surface area contributed by atoms with E-state index >= 15 is 0 Å². The van der Waals surface area contributed by atoms with Gasteiger partial charge in [-0.1, -0.05) is 12.1 Å². The fourth-order valence-corrected chi connectivity index (χ4v) is 4.44. The molecule has 3 unspecified atom stereocenters. The average Bonchev–Trinajstić information content (AvgIpc) is 3.19. The summed E-state index contributed by atoms with van der Waals surface area (Å²) in [5, 5.41) is 0. The van der Waals surface area contributed by atoms with Crippen LogP contribution in [0, 0.1) is 11.7 Å². The lowest BCUT2D eigenvalue weighted by Gasteiger charge is -2.37. The molecule has 0 spiro atoms. The molecule has 2 N–H and O–H groups in total. The van der Waals surface area contributed by atoms with Crippen LogP contribution in [0.4, 0.5) is 10.3 Å². The molecule has 6 nitrogen and oxygen atoms in total. The minimum absolute atomic E-state index is 0.175. The van der Waals surface area contributed by atoms with E-state index in [1.165, 1.54) is 18.4 Å². The first-order chi connectivity index (χ1) is 13.6. The second-order valence-corrected chi connectivity index (χ2v) is 8.13. The molecular formula is C21H29FN6. The largest absolute Gasteiger partial charge is 0.347 e. The molecule has 3 heterocycles. The van der Waals surface area contributed by atoms with Crippen LogP contribution in [0.25, 0.3) is 0 Å². The highest BCUT2D eigenvalue weighted by molar-refractivity contribution is 5.27. The quantitative estimate of drug-likeness (QED) is 0.824. The molecule has 1 aromatic heterocycles. The zero-order valence-corrected chi connectivity index (χ0v) is 16.6. The Hall–Kier alpha value is -2.09. The molecule has 2 aliphatic heterocycles. The summed E-state index contributed by atoms with van der Waals surface area (Å²) in [7, 11) is 3.90. The Morgan fingerprint density at radius 2 is 1.93 bits per heavy atom. The number of halogens is 1. The minimum Gasteiger partial charge on any atom is -0.347 e. The van der Waals surface area contributed by atoms with Crippen molar-refractivity contribution in [1.29, 1.82) is 0 Å². The lowest BCUT2D eigenvalue weighted by Crippen LogP contribution is -2.46. The van der Waals surface area contributed by atoms with Crippen LogP contribution in [-0.4, -0.2) is 54.6 Å². The van der Waals surface area contributed by atoms with E-state index in [0.29, 0.717) is 17.9 Å². The summed E-state index contributed by atoms with van der Waals surface area (Å²) in [5.74, 6) is 1.49. The van der Waals surface area contributed by atoms with Gasteiger partial charge in [-0.25, -0.2) is 14.4 Å². The van der Waals surface area contributed by atoms with Crippen LogP contribution in [0.1, 0.15) is 29.9 Å². The van der Waals surface area contributed by atoms with E-state index in [9.17, 15) is 4.39 Å². The van der Waals surface area contributed by atoms with Gasteiger partial charge >= 0.3 is 0 Å². The van der Waals surface area contributed by atoms with Crippen LogP contribution < -0.4 is 15.8 Å². The molecule has 150 valence electrons. The summed E-state index contributed by atoms with van der Waals surface area (Å²) >= 11 is 0. The molecule has 2 saturated heterocycles. The number of hydrazine groups is 1. The van der Waals surface area contributed by atoms with Crippen molar-refractivity contribution < 1.29 is 4.39 Å². The first kappa shape index (κ1) is 19.2. The summed E-state index contributed by atoms with van der Waals surface area (Å²) < 4.78 is 13.3. The third-order valence-corrected chi connectivity index (χ3v) is 5.87. The number of nitrogens with one attached hydrogen (secondary N) is 2. The van der Waals surface area contributed by atoms with Gasteiger partial charge in [0, 0.05) is 63.6 Å². The number of likely N-dealkylation sites (tertiary alicyclic amines) is 1. The van der Waals surface area contributed by atoms with Crippen molar-refractivity contribution in [2.45, 2.75) is 31.3 Å². The monoisotopic (exact) mass is 384 g/mol. The summed E-state index contributed by atoms with van der Waals surface area (Å²) in [6.07, 6.45) is 6.27. The van der Waals surface area contributed by atoms with Crippen LogP contribution >= 0.6 is 0 Å². The predicted octanol–water partition coefficient (Wildman–Crippen LogP) is 2.15. The van der Waals surface area contributed by atoms with Gasteiger partial charge in [0.05, 0.1) is 0 Å². The third-order valence-electron chi connectivity index (χ3n) is 5.87. The molecule has 2 aliphatic rings. The van der Waals surface area contributed by atoms with Crippen molar-refractivity contribution in [2.75, 3.05) is 38.6 Å². The molecule has 0 bridgehead atoms. The first-order valence-electron chi connectivity index (χ1n) is 10.0. The Bertz CT molecular complexity index is 763. The first-order valence-corrected chi connectivity index (χ1v) is 10.0. The number of nitrogens with zero attached hydrogens (tertiary/aromatic N) is 4. The van der Waals surface area contributed by atoms with Crippen LogP contribution in [0.2, 0.25) is 0 Å². The smallest absolute Gasteiger partial charge is 0.224 e. The zero-order valence-electron chi connectivity index (χ0n) is 16.6. The maximum atomic E-state index is 13.3. The van der Waals surface area contributed by atoms with Crippen molar-refractivity contribution in [3.63, 3.8) is 0 Å². The van der Waals surface area contributed by atoms with Crippen molar-refractivity contribution in [3.05, 3.63) is 53.6 Å². The Labute approximate surface area is 166 Å². The SMILES string of the molecule is CN(C)c1ncc(CN2CCCC(C3NNCC3c3ccc(F)cc3)C2)cn1. The topological polar surface area (TPSA) is 56.3 Å². The van der Waals surface area contributed by atoms with Gasteiger partial charge in [0.15, 0.2) is 0 Å². The lowest BCUT2D eigenvalue weighted by atomic mass is 9.81. The minimum atomic E-state index is -0.175.